The SMILES string of the molecule is COC.NC1(c2ccc(-c3nc(N4CCC4)nc4c3CCC4(F)F)cc2)COC1. The van der Waals surface area contributed by atoms with E-state index in [1.54, 1.807) is 14.2 Å². The summed E-state index contributed by atoms with van der Waals surface area (Å²) in [5.74, 6) is -2.46. The Bertz CT molecular complexity index is 881. The lowest BCUT2D eigenvalue weighted by molar-refractivity contribution is -0.0569. The van der Waals surface area contributed by atoms with E-state index in [4.69, 9.17) is 10.5 Å². The third kappa shape index (κ3) is 3.60. The molecule has 2 aromatic rings. The molecule has 3 heterocycles. The lowest BCUT2D eigenvalue weighted by Gasteiger charge is -2.38. The number of fused-ring (bicyclic) bond motifs is 1. The van der Waals surface area contributed by atoms with Crippen molar-refractivity contribution in [2.75, 3.05) is 45.4 Å². The number of anilines is 1. The Hall–Kier alpha value is -2.16. The first-order chi connectivity index (χ1) is 13.9. The van der Waals surface area contributed by atoms with E-state index in [0.29, 0.717) is 36.8 Å². The fraction of sp³-hybridized carbons (Fsp3) is 0.524. The number of halogens is 2. The van der Waals surface area contributed by atoms with Gasteiger partial charge in [0.25, 0.3) is 5.92 Å². The second-order valence-corrected chi connectivity index (χ2v) is 7.88. The molecule has 2 saturated heterocycles. The van der Waals surface area contributed by atoms with Crippen LogP contribution in [0.15, 0.2) is 24.3 Å². The molecule has 0 unspecified atom stereocenters. The van der Waals surface area contributed by atoms with Crippen LogP contribution >= 0.6 is 0 Å². The number of hydrogen-bond acceptors (Lipinski definition) is 6. The molecule has 1 aromatic heterocycles. The maximum absolute atomic E-state index is 14.3. The minimum absolute atomic E-state index is 0.101. The lowest BCUT2D eigenvalue weighted by Crippen LogP contribution is -2.54. The van der Waals surface area contributed by atoms with Crippen LogP contribution in [0.25, 0.3) is 11.3 Å². The summed E-state index contributed by atoms with van der Waals surface area (Å²) in [6.45, 7) is 2.64. The fourth-order valence-electron chi connectivity index (χ4n) is 3.76. The largest absolute Gasteiger partial charge is 0.388 e. The van der Waals surface area contributed by atoms with Crippen LogP contribution in [0.4, 0.5) is 14.7 Å². The zero-order chi connectivity index (χ0) is 20.6. The molecule has 2 fully saturated rings. The van der Waals surface area contributed by atoms with Gasteiger partial charge in [-0.2, -0.15) is 8.78 Å². The van der Waals surface area contributed by atoms with Crippen LogP contribution in [-0.2, 0) is 27.4 Å². The maximum atomic E-state index is 14.3. The second-order valence-electron chi connectivity index (χ2n) is 7.88. The highest BCUT2D eigenvalue weighted by molar-refractivity contribution is 5.67. The average Bonchev–Trinajstić information content (AvgIpc) is 2.94. The fourth-order valence-corrected chi connectivity index (χ4v) is 3.76. The van der Waals surface area contributed by atoms with Crippen LogP contribution in [0, 0.1) is 0 Å². The number of rotatable bonds is 3. The van der Waals surface area contributed by atoms with Crippen molar-refractivity contribution in [3.05, 3.63) is 41.1 Å². The highest BCUT2D eigenvalue weighted by Crippen LogP contribution is 2.44. The standard InChI is InChI=1S/C19H20F2N4O.C2H6O/c20-19(21)7-6-14-15(23-17(24-16(14)19)25-8-1-9-25)12-2-4-13(5-3-12)18(22)10-26-11-18;1-3-2/h2-5H,1,6-11,22H2;1-2H3. The molecule has 3 aliphatic rings. The zero-order valence-corrected chi connectivity index (χ0v) is 16.8. The Morgan fingerprint density at radius 2 is 1.76 bits per heavy atom. The summed E-state index contributed by atoms with van der Waals surface area (Å²) >= 11 is 0. The Morgan fingerprint density at radius 3 is 2.28 bits per heavy atom. The maximum Gasteiger partial charge on any atom is 0.290 e. The van der Waals surface area contributed by atoms with Crippen LogP contribution in [0.5, 0.6) is 0 Å². The first-order valence-corrected chi connectivity index (χ1v) is 9.80. The Labute approximate surface area is 169 Å². The van der Waals surface area contributed by atoms with Crippen LogP contribution < -0.4 is 10.6 Å². The minimum Gasteiger partial charge on any atom is -0.388 e. The van der Waals surface area contributed by atoms with Crippen LogP contribution in [0.2, 0.25) is 0 Å². The highest BCUT2D eigenvalue weighted by Gasteiger charge is 2.43. The van der Waals surface area contributed by atoms with Gasteiger partial charge < -0.3 is 20.1 Å². The third-order valence-corrected chi connectivity index (χ3v) is 5.62. The van der Waals surface area contributed by atoms with Gasteiger partial charge in [-0.15, -0.1) is 0 Å². The van der Waals surface area contributed by atoms with Gasteiger partial charge in [-0.25, -0.2) is 9.97 Å². The number of nitrogens with two attached hydrogens (primary N) is 1. The summed E-state index contributed by atoms with van der Waals surface area (Å²) in [6.07, 6.45) is 1.14. The third-order valence-electron chi connectivity index (χ3n) is 5.62. The molecule has 29 heavy (non-hydrogen) atoms. The predicted octanol–water partition coefficient (Wildman–Crippen LogP) is 2.84. The molecule has 2 aliphatic heterocycles. The van der Waals surface area contributed by atoms with E-state index >= 15 is 0 Å². The topological polar surface area (TPSA) is 73.5 Å². The van der Waals surface area contributed by atoms with Gasteiger partial charge in [-0.05, 0) is 18.4 Å². The number of methoxy groups -OCH3 is 1. The van der Waals surface area contributed by atoms with Crippen molar-refractivity contribution in [2.45, 2.75) is 30.7 Å². The number of nitrogens with zero attached hydrogens (tertiary/aromatic N) is 3. The van der Waals surface area contributed by atoms with Crippen molar-refractivity contribution in [1.82, 2.24) is 9.97 Å². The van der Waals surface area contributed by atoms with Crippen molar-refractivity contribution in [2.24, 2.45) is 5.73 Å². The molecule has 0 spiro atoms. The quantitative estimate of drug-likeness (QED) is 0.848. The highest BCUT2D eigenvalue weighted by atomic mass is 19.3. The summed E-state index contributed by atoms with van der Waals surface area (Å²) in [5, 5.41) is 0. The van der Waals surface area contributed by atoms with Gasteiger partial charge in [0.2, 0.25) is 5.95 Å². The smallest absolute Gasteiger partial charge is 0.290 e. The van der Waals surface area contributed by atoms with Gasteiger partial charge in [-0.3, -0.25) is 0 Å². The van der Waals surface area contributed by atoms with Gasteiger partial charge in [0.15, 0.2) is 0 Å². The van der Waals surface area contributed by atoms with Crippen LogP contribution in [0.3, 0.4) is 0 Å². The molecule has 2 N–H and O–H groups in total. The molecule has 8 heteroatoms. The van der Waals surface area contributed by atoms with Gasteiger partial charge in [0, 0.05) is 44.9 Å². The van der Waals surface area contributed by atoms with Crippen molar-refractivity contribution < 1.29 is 18.3 Å². The molecule has 1 aromatic carbocycles. The number of alkyl halides is 2. The second kappa shape index (κ2) is 7.59. The molecule has 1 aliphatic carbocycles. The van der Waals surface area contributed by atoms with Gasteiger partial charge >= 0.3 is 0 Å². The molecule has 156 valence electrons. The Balaban J connectivity index is 0.000000645. The van der Waals surface area contributed by atoms with E-state index in [-0.39, 0.29) is 12.1 Å². The number of aromatic nitrogens is 2. The first kappa shape index (κ1) is 20.1. The predicted molar refractivity (Wildman–Crippen MR) is 106 cm³/mol. The Kier molecular flexibility index (Phi) is 5.27. The van der Waals surface area contributed by atoms with Crippen molar-refractivity contribution >= 4 is 5.95 Å². The monoisotopic (exact) mass is 404 g/mol. The molecule has 0 amide bonds. The van der Waals surface area contributed by atoms with E-state index in [1.807, 2.05) is 29.2 Å². The van der Waals surface area contributed by atoms with Crippen LogP contribution in [0.1, 0.15) is 29.7 Å². The molecular formula is C21H26F2N4O2. The van der Waals surface area contributed by atoms with E-state index in [1.165, 1.54) is 0 Å². The van der Waals surface area contributed by atoms with Gasteiger partial charge in [-0.1, -0.05) is 24.3 Å². The number of hydrogen-bond donors (Lipinski definition) is 1. The summed E-state index contributed by atoms with van der Waals surface area (Å²) in [5.41, 5.74) is 8.74. The number of ether oxygens (including phenoxy) is 2. The van der Waals surface area contributed by atoms with E-state index in [0.717, 1.165) is 30.6 Å². The molecule has 0 radical (unpaired) electrons. The minimum atomic E-state index is -2.88. The summed E-state index contributed by atoms with van der Waals surface area (Å²) in [4.78, 5) is 10.8. The normalized spacial score (nSPS) is 20.8. The van der Waals surface area contributed by atoms with E-state index < -0.39 is 11.5 Å². The van der Waals surface area contributed by atoms with Crippen molar-refractivity contribution in [3.63, 3.8) is 0 Å². The van der Waals surface area contributed by atoms with Crippen molar-refractivity contribution in [3.8, 4) is 11.3 Å². The molecule has 5 rings (SSSR count). The summed E-state index contributed by atoms with van der Waals surface area (Å²) in [7, 11) is 3.25. The molecule has 0 bridgehead atoms. The molecule has 0 saturated carbocycles. The summed E-state index contributed by atoms with van der Waals surface area (Å²) < 4.78 is 38.1. The Morgan fingerprint density at radius 1 is 1.10 bits per heavy atom. The zero-order valence-electron chi connectivity index (χ0n) is 16.8. The molecular weight excluding hydrogens is 378 g/mol. The van der Waals surface area contributed by atoms with Crippen LogP contribution in [-0.4, -0.2) is 50.5 Å². The van der Waals surface area contributed by atoms with Crippen molar-refractivity contribution in [1.29, 1.82) is 0 Å². The van der Waals surface area contributed by atoms with E-state index in [9.17, 15) is 8.78 Å². The molecule has 0 atom stereocenters. The number of benzene rings is 1. The first-order valence-electron chi connectivity index (χ1n) is 9.80. The van der Waals surface area contributed by atoms with E-state index in [2.05, 4.69) is 14.7 Å². The lowest BCUT2D eigenvalue weighted by atomic mass is 9.88. The summed E-state index contributed by atoms with van der Waals surface area (Å²) in [6, 6.07) is 7.73. The van der Waals surface area contributed by atoms with Gasteiger partial charge in [0.1, 0.15) is 5.69 Å². The average molecular weight is 404 g/mol. The molecule has 6 nitrogen and oxygen atoms in total. The van der Waals surface area contributed by atoms with Gasteiger partial charge in [0.05, 0.1) is 24.4 Å².